The Morgan fingerprint density at radius 3 is 2.22 bits per heavy atom. The molecule has 1 heterocycles. The summed E-state index contributed by atoms with van der Waals surface area (Å²) in [6, 6.07) is 0. The van der Waals surface area contributed by atoms with Gasteiger partial charge in [0.05, 0.1) is 0 Å². The van der Waals surface area contributed by atoms with Gasteiger partial charge < -0.3 is 9.68 Å². The van der Waals surface area contributed by atoms with Crippen LogP contribution in [-0.2, 0) is 33.6 Å². The van der Waals surface area contributed by atoms with E-state index in [1.54, 1.807) is 0 Å². The van der Waals surface area contributed by atoms with E-state index in [0.717, 1.165) is 0 Å². The lowest BCUT2D eigenvalue weighted by molar-refractivity contribution is -0.197. The van der Waals surface area contributed by atoms with Crippen molar-refractivity contribution in [3.63, 3.8) is 0 Å². The summed E-state index contributed by atoms with van der Waals surface area (Å²) in [6.07, 6.45) is 0.111. The van der Waals surface area contributed by atoms with Crippen LogP contribution in [0.4, 0.5) is 0 Å². The Labute approximate surface area is 133 Å². The number of hydrogen-bond donors (Lipinski definition) is 1. The second-order valence-electron chi connectivity index (χ2n) is 5.50. The van der Waals surface area contributed by atoms with Crippen LogP contribution in [0.2, 0.25) is 0 Å². The van der Waals surface area contributed by atoms with Crippen LogP contribution >= 0.6 is 0 Å². The van der Waals surface area contributed by atoms with Gasteiger partial charge in [0, 0.05) is 32.1 Å². The molecule has 1 aliphatic heterocycles. The molecule has 0 radical (unpaired) electrons. The molecule has 1 N–H and O–H groups in total. The fraction of sp³-hybridized carbons (Fsp3) is 0.643. The van der Waals surface area contributed by atoms with Crippen molar-refractivity contribution >= 4 is 29.7 Å². The molecular formula is C14H20N2O7. The molecule has 0 unspecified atom stereocenters. The maximum absolute atomic E-state index is 11.5. The van der Waals surface area contributed by atoms with Crippen LogP contribution in [0, 0.1) is 5.92 Å². The van der Waals surface area contributed by atoms with E-state index in [9.17, 15) is 24.0 Å². The van der Waals surface area contributed by atoms with Crippen LogP contribution in [0.25, 0.3) is 0 Å². The summed E-state index contributed by atoms with van der Waals surface area (Å²) in [4.78, 5) is 65.7. The Hall–Kier alpha value is -2.45. The summed E-state index contributed by atoms with van der Waals surface area (Å²) < 4.78 is 0. The SMILES string of the molecule is CC(C)CC(=O)NOC(=O)CCCC(=O)ON1C(=O)CCC1=O. The van der Waals surface area contributed by atoms with Gasteiger partial charge in [-0.15, -0.1) is 5.06 Å². The molecule has 0 atom stereocenters. The third-order valence-corrected chi connectivity index (χ3v) is 2.83. The number of hydrogen-bond acceptors (Lipinski definition) is 7. The van der Waals surface area contributed by atoms with Gasteiger partial charge in [-0.05, 0) is 12.3 Å². The van der Waals surface area contributed by atoms with Crippen molar-refractivity contribution in [2.45, 2.75) is 52.4 Å². The second kappa shape index (κ2) is 8.86. The van der Waals surface area contributed by atoms with Gasteiger partial charge in [0.25, 0.3) is 17.7 Å². The van der Waals surface area contributed by atoms with E-state index in [1.807, 2.05) is 19.3 Å². The van der Waals surface area contributed by atoms with Crippen molar-refractivity contribution in [3.05, 3.63) is 0 Å². The van der Waals surface area contributed by atoms with E-state index < -0.39 is 29.7 Å². The quantitative estimate of drug-likeness (QED) is 0.530. The van der Waals surface area contributed by atoms with Gasteiger partial charge in [-0.25, -0.2) is 9.59 Å². The van der Waals surface area contributed by atoms with Crippen LogP contribution in [0.1, 0.15) is 52.4 Å². The normalized spacial score (nSPS) is 14.1. The summed E-state index contributed by atoms with van der Waals surface area (Å²) in [5.41, 5.74) is 2.02. The van der Waals surface area contributed by atoms with E-state index in [-0.39, 0.29) is 44.4 Å². The molecule has 0 bridgehead atoms. The predicted molar refractivity (Wildman–Crippen MR) is 74.7 cm³/mol. The van der Waals surface area contributed by atoms with Crippen molar-refractivity contribution in [1.29, 1.82) is 0 Å². The van der Waals surface area contributed by atoms with Crippen LogP contribution < -0.4 is 5.48 Å². The first-order valence-corrected chi connectivity index (χ1v) is 7.34. The molecule has 1 fully saturated rings. The molecule has 9 heteroatoms. The average Bonchev–Trinajstić information content (AvgIpc) is 2.76. The molecule has 3 amide bonds. The number of hydroxylamine groups is 3. The van der Waals surface area contributed by atoms with Gasteiger partial charge in [0.1, 0.15) is 0 Å². The summed E-state index contributed by atoms with van der Waals surface area (Å²) >= 11 is 0. The molecular weight excluding hydrogens is 308 g/mol. The maximum atomic E-state index is 11.5. The fourth-order valence-corrected chi connectivity index (χ4v) is 1.76. The zero-order chi connectivity index (χ0) is 17.4. The van der Waals surface area contributed by atoms with E-state index in [0.29, 0.717) is 5.06 Å². The van der Waals surface area contributed by atoms with Crippen molar-refractivity contribution in [1.82, 2.24) is 10.5 Å². The molecule has 23 heavy (non-hydrogen) atoms. The molecule has 9 nitrogen and oxygen atoms in total. The molecule has 1 saturated heterocycles. The average molecular weight is 328 g/mol. The zero-order valence-corrected chi connectivity index (χ0v) is 13.1. The summed E-state index contributed by atoms with van der Waals surface area (Å²) in [7, 11) is 0. The Morgan fingerprint density at radius 2 is 1.65 bits per heavy atom. The molecule has 128 valence electrons. The van der Waals surface area contributed by atoms with Gasteiger partial charge in [-0.2, -0.15) is 5.48 Å². The number of rotatable bonds is 7. The van der Waals surface area contributed by atoms with Crippen molar-refractivity contribution < 1.29 is 33.6 Å². The summed E-state index contributed by atoms with van der Waals surface area (Å²) in [6.45, 7) is 3.70. The molecule has 1 rings (SSSR count). The van der Waals surface area contributed by atoms with Crippen LogP contribution in [0.3, 0.4) is 0 Å². The summed E-state index contributed by atoms with van der Waals surface area (Å²) in [5.74, 6) is -2.86. The Balaban J connectivity index is 2.17. The molecule has 0 spiro atoms. The Kier molecular flexibility index (Phi) is 7.17. The van der Waals surface area contributed by atoms with Crippen LogP contribution in [0.5, 0.6) is 0 Å². The largest absolute Gasteiger partial charge is 0.341 e. The Bertz CT molecular complexity index is 485. The van der Waals surface area contributed by atoms with E-state index in [4.69, 9.17) is 0 Å². The summed E-state index contributed by atoms with van der Waals surface area (Å²) in [5, 5.41) is 0.451. The highest BCUT2D eigenvalue weighted by Crippen LogP contribution is 2.13. The standard InChI is InChI=1S/C14H20N2O7/c1-9(2)8-10(17)15-22-13(20)4-3-5-14(21)23-16-11(18)6-7-12(16)19/h9H,3-8H2,1-2H3,(H,15,17). The second-order valence-corrected chi connectivity index (χ2v) is 5.50. The molecule has 0 saturated carbocycles. The lowest BCUT2D eigenvalue weighted by Gasteiger charge is -2.12. The number of imide groups is 1. The van der Waals surface area contributed by atoms with Crippen LogP contribution in [-0.4, -0.2) is 34.7 Å². The highest BCUT2D eigenvalue weighted by molar-refractivity contribution is 6.01. The molecule has 1 aliphatic rings. The van der Waals surface area contributed by atoms with E-state index in [2.05, 4.69) is 9.68 Å². The topological polar surface area (TPSA) is 119 Å². The lowest BCUT2D eigenvalue weighted by Crippen LogP contribution is -2.32. The highest BCUT2D eigenvalue weighted by atomic mass is 16.7. The van der Waals surface area contributed by atoms with Crippen LogP contribution in [0.15, 0.2) is 0 Å². The monoisotopic (exact) mass is 328 g/mol. The number of nitrogens with zero attached hydrogens (tertiary/aromatic N) is 1. The third-order valence-electron chi connectivity index (χ3n) is 2.83. The van der Waals surface area contributed by atoms with Gasteiger partial charge in [0.15, 0.2) is 0 Å². The minimum Gasteiger partial charge on any atom is -0.341 e. The smallest absolute Gasteiger partial charge is 0.333 e. The third kappa shape index (κ3) is 6.90. The Morgan fingerprint density at radius 1 is 1.09 bits per heavy atom. The zero-order valence-electron chi connectivity index (χ0n) is 13.1. The molecule has 0 aromatic rings. The minimum absolute atomic E-state index is 0.0223. The fourth-order valence-electron chi connectivity index (χ4n) is 1.76. The van der Waals surface area contributed by atoms with E-state index >= 15 is 0 Å². The van der Waals surface area contributed by atoms with Crippen molar-refractivity contribution in [2.75, 3.05) is 0 Å². The van der Waals surface area contributed by atoms with E-state index in [1.165, 1.54) is 0 Å². The number of carbonyl (C=O) groups excluding carboxylic acids is 5. The molecule has 0 aromatic heterocycles. The lowest BCUT2D eigenvalue weighted by atomic mass is 10.1. The minimum atomic E-state index is -0.787. The van der Waals surface area contributed by atoms with Gasteiger partial charge in [0.2, 0.25) is 0 Å². The maximum Gasteiger partial charge on any atom is 0.333 e. The van der Waals surface area contributed by atoms with Gasteiger partial charge in [-0.3, -0.25) is 14.4 Å². The van der Waals surface area contributed by atoms with Crippen molar-refractivity contribution in [3.8, 4) is 0 Å². The predicted octanol–water partition coefficient (Wildman–Crippen LogP) is 0.384. The first kappa shape index (κ1) is 18.6. The highest BCUT2D eigenvalue weighted by Gasteiger charge is 2.32. The number of amides is 3. The first-order valence-electron chi connectivity index (χ1n) is 7.34. The molecule has 0 aromatic carbocycles. The number of nitrogens with one attached hydrogen (secondary N) is 1. The molecule has 0 aliphatic carbocycles. The van der Waals surface area contributed by atoms with Gasteiger partial charge >= 0.3 is 11.9 Å². The number of carbonyl (C=O) groups is 5. The van der Waals surface area contributed by atoms with Gasteiger partial charge in [-0.1, -0.05) is 13.8 Å². The van der Waals surface area contributed by atoms with Crippen molar-refractivity contribution in [2.24, 2.45) is 5.92 Å². The first-order chi connectivity index (χ1) is 10.8.